The third-order valence-corrected chi connectivity index (χ3v) is 3.73. The number of nitrogens with one attached hydrogen (secondary N) is 1. The van der Waals surface area contributed by atoms with Gasteiger partial charge in [-0.15, -0.1) is 12.4 Å². The summed E-state index contributed by atoms with van der Waals surface area (Å²) in [5, 5.41) is 3.53. The molecule has 1 aromatic rings. The van der Waals surface area contributed by atoms with Crippen LogP contribution in [0.4, 0.5) is 0 Å². The SMILES string of the molecule is CC1CCC2(CN1)OCc1ccccc12.Cl. The zero-order valence-corrected chi connectivity index (χ0v) is 10.3. The summed E-state index contributed by atoms with van der Waals surface area (Å²) in [6.07, 6.45) is 2.35. The van der Waals surface area contributed by atoms with E-state index in [1.807, 2.05) is 0 Å². The van der Waals surface area contributed by atoms with Crippen molar-refractivity contribution in [2.75, 3.05) is 6.54 Å². The van der Waals surface area contributed by atoms with Gasteiger partial charge in [-0.25, -0.2) is 0 Å². The van der Waals surface area contributed by atoms with Gasteiger partial charge in [-0.3, -0.25) is 0 Å². The molecule has 1 N–H and O–H groups in total. The molecule has 16 heavy (non-hydrogen) atoms. The van der Waals surface area contributed by atoms with Gasteiger partial charge in [0.1, 0.15) is 5.60 Å². The first-order chi connectivity index (χ1) is 7.30. The summed E-state index contributed by atoms with van der Waals surface area (Å²) in [5.74, 6) is 0. The Labute approximate surface area is 103 Å². The highest BCUT2D eigenvalue weighted by Crippen LogP contribution is 2.41. The smallest absolute Gasteiger partial charge is 0.106 e. The van der Waals surface area contributed by atoms with E-state index in [0.29, 0.717) is 6.04 Å². The summed E-state index contributed by atoms with van der Waals surface area (Å²) in [6.45, 7) is 3.99. The lowest BCUT2D eigenvalue weighted by Gasteiger charge is -2.37. The first-order valence-corrected chi connectivity index (χ1v) is 5.76. The van der Waals surface area contributed by atoms with Crippen molar-refractivity contribution in [1.29, 1.82) is 0 Å². The van der Waals surface area contributed by atoms with E-state index in [0.717, 1.165) is 19.6 Å². The number of hydrogen-bond donors (Lipinski definition) is 1. The van der Waals surface area contributed by atoms with Crippen molar-refractivity contribution in [3.8, 4) is 0 Å². The number of ether oxygens (including phenoxy) is 1. The average molecular weight is 240 g/mol. The van der Waals surface area contributed by atoms with Gasteiger partial charge in [0.2, 0.25) is 0 Å². The minimum atomic E-state index is -0.0247. The summed E-state index contributed by atoms with van der Waals surface area (Å²) in [7, 11) is 0. The van der Waals surface area contributed by atoms with E-state index in [4.69, 9.17) is 4.74 Å². The Morgan fingerprint density at radius 2 is 2.19 bits per heavy atom. The van der Waals surface area contributed by atoms with Crippen LogP contribution in [0.15, 0.2) is 24.3 Å². The van der Waals surface area contributed by atoms with E-state index in [9.17, 15) is 0 Å². The van der Waals surface area contributed by atoms with Gasteiger partial charge in [0.05, 0.1) is 6.61 Å². The highest BCUT2D eigenvalue weighted by molar-refractivity contribution is 5.85. The van der Waals surface area contributed by atoms with Crippen LogP contribution in [0.25, 0.3) is 0 Å². The summed E-state index contributed by atoms with van der Waals surface area (Å²) in [5.41, 5.74) is 2.75. The number of rotatable bonds is 0. The molecule has 2 nitrogen and oxygen atoms in total. The van der Waals surface area contributed by atoms with Crippen LogP contribution < -0.4 is 5.32 Å². The highest BCUT2D eigenvalue weighted by Gasteiger charge is 2.41. The molecule has 0 aromatic heterocycles. The number of halogens is 1. The van der Waals surface area contributed by atoms with Crippen molar-refractivity contribution in [1.82, 2.24) is 5.32 Å². The van der Waals surface area contributed by atoms with Crippen molar-refractivity contribution in [3.05, 3.63) is 35.4 Å². The minimum absolute atomic E-state index is 0. The fourth-order valence-electron chi connectivity index (χ4n) is 2.72. The maximum absolute atomic E-state index is 6.04. The summed E-state index contributed by atoms with van der Waals surface area (Å²) in [4.78, 5) is 0. The average Bonchev–Trinajstić information content (AvgIpc) is 2.63. The predicted molar refractivity (Wildman–Crippen MR) is 66.9 cm³/mol. The second-order valence-electron chi connectivity index (χ2n) is 4.76. The molecule has 0 saturated carbocycles. The van der Waals surface area contributed by atoms with E-state index < -0.39 is 0 Å². The van der Waals surface area contributed by atoms with Crippen molar-refractivity contribution in [2.45, 2.75) is 38.0 Å². The molecule has 0 aliphatic carbocycles. The molecule has 2 unspecified atom stereocenters. The third kappa shape index (κ3) is 1.75. The maximum Gasteiger partial charge on any atom is 0.106 e. The van der Waals surface area contributed by atoms with Gasteiger partial charge in [-0.05, 0) is 30.9 Å². The topological polar surface area (TPSA) is 21.3 Å². The zero-order valence-electron chi connectivity index (χ0n) is 9.53. The lowest BCUT2D eigenvalue weighted by atomic mass is 9.84. The number of piperidine rings is 1. The molecule has 1 spiro atoms. The molecule has 3 heteroatoms. The van der Waals surface area contributed by atoms with Crippen LogP contribution in [-0.4, -0.2) is 12.6 Å². The second kappa shape index (κ2) is 4.36. The molecule has 2 aliphatic rings. The normalized spacial score (nSPS) is 32.2. The lowest BCUT2D eigenvalue weighted by Crippen LogP contribution is -2.47. The van der Waals surface area contributed by atoms with Crippen LogP contribution in [0.3, 0.4) is 0 Å². The Kier molecular flexibility index (Phi) is 3.24. The van der Waals surface area contributed by atoms with Gasteiger partial charge in [0.25, 0.3) is 0 Å². The quantitative estimate of drug-likeness (QED) is 0.752. The molecule has 2 heterocycles. The third-order valence-electron chi connectivity index (χ3n) is 3.73. The van der Waals surface area contributed by atoms with Gasteiger partial charge in [0.15, 0.2) is 0 Å². The first kappa shape index (κ1) is 11.9. The van der Waals surface area contributed by atoms with Gasteiger partial charge >= 0.3 is 0 Å². The van der Waals surface area contributed by atoms with Gasteiger partial charge in [-0.1, -0.05) is 24.3 Å². The second-order valence-corrected chi connectivity index (χ2v) is 4.76. The number of benzene rings is 1. The van der Waals surface area contributed by atoms with Crippen LogP contribution in [0.1, 0.15) is 30.9 Å². The fraction of sp³-hybridized carbons (Fsp3) is 0.538. The standard InChI is InChI=1S/C13H17NO.ClH/c1-10-6-7-13(9-14-10)12-5-3-2-4-11(12)8-15-13;/h2-5,10,14H,6-9H2,1H3;1H. The highest BCUT2D eigenvalue weighted by atomic mass is 35.5. The molecule has 3 rings (SSSR count). The maximum atomic E-state index is 6.04. The summed E-state index contributed by atoms with van der Waals surface area (Å²) < 4.78 is 6.04. The fourth-order valence-corrected chi connectivity index (χ4v) is 2.72. The minimum Gasteiger partial charge on any atom is -0.364 e. The molecule has 2 aliphatic heterocycles. The Balaban J connectivity index is 0.000000963. The molecule has 2 atom stereocenters. The van der Waals surface area contributed by atoms with Crippen LogP contribution in [0.2, 0.25) is 0 Å². The largest absolute Gasteiger partial charge is 0.364 e. The monoisotopic (exact) mass is 239 g/mol. The summed E-state index contributed by atoms with van der Waals surface area (Å²) in [6, 6.07) is 9.25. The lowest BCUT2D eigenvalue weighted by molar-refractivity contribution is -0.0590. The van der Waals surface area contributed by atoms with Gasteiger partial charge < -0.3 is 10.1 Å². The Morgan fingerprint density at radius 3 is 2.94 bits per heavy atom. The molecule has 0 amide bonds. The van der Waals surface area contributed by atoms with Crippen LogP contribution in [0, 0.1) is 0 Å². The zero-order chi connectivity index (χ0) is 10.3. The van der Waals surface area contributed by atoms with Crippen LogP contribution >= 0.6 is 12.4 Å². The van der Waals surface area contributed by atoms with E-state index in [1.54, 1.807) is 0 Å². The van der Waals surface area contributed by atoms with Gasteiger partial charge in [0, 0.05) is 12.6 Å². The van der Waals surface area contributed by atoms with Crippen molar-refractivity contribution in [2.24, 2.45) is 0 Å². The first-order valence-electron chi connectivity index (χ1n) is 5.76. The molecule has 1 fully saturated rings. The van der Waals surface area contributed by atoms with Crippen molar-refractivity contribution < 1.29 is 4.74 Å². The van der Waals surface area contributed by atoms with E-state index in [1.165, 1.54) is 17.5 Å². The Morgan fingerprint density at radius 1 is 1.38 bits per heavy atom. The van der Waals surface area contributed by atoms with Gasteiger partial charge in [-0.2, -0.15) is 0 Å². The molecule has 1 aromatic carbocycles. The Hall–Kier alpha value is -0.570. The van der Waals surface area contributed by atoms with Crippen LogP contribution in [0.5, 0.6) is 0 Å². The van der Waals surface area contributed by atoms with Crippen molar-refractivity contribution >= 4 is 12.4 Å². The molecule has 88 valence electrons. The molecular formula is C13H18ClNO. The number of hydrogen-bond acceptors (Lipinski definition) is 2. The van der Waals surface area contributed by atoms with E-state index in [2.05, 4.69) is 36.5 Å². The van der Waals surface area contributed by atoms with E-state index >= 15 is 0 Å². The molecular weight excluding hydrogens is 222 g/mol. The molecule has 1 saturated heterocycles. The molecule has 0 bridgehead atoms. The Bertz CT molecular complexity index is 372. The van der Waals surface area contributed by atoms with Crippen molar-refractivity contribution in [3.63, 3.8) is 0 Å². The van der Waals surface area contributed by atoms with Crippen LogP contribution in [-0.2, 0) is 16.9 Å². The predicted octanol–water partition coefficient (Wildman–Crippen LogP) is 2.61. The molecule has 0 radical (unpaired) electrons. The summed E-state index contributed by atoms with van der Waals surface area (Å²) >= 11 is 0. The number of fused-ring (bicyclic) bond motifs is 2. The van der Waals surface area contributed by atoms with E-state index in [-0.39, 0.29) is 18.0 Å².